The second kappa shape index (κ2) is 2.88. The fourth-order valence-corrected chi connectivity index (χ4v) is 1.68. The van der Waals surface area contributed by atoms with E-state index < -0.39 is 0 Å². The lowest BCUT2D eigenvalue weighted by atomic mass is 9.93. The molecule has 0 aromatic heterocycles. The van der Waals surface area contributed by atoms with E-state index in [-0.39, 0.29) is 11.4 Å². The van der Waals surface area contributed by atoms with Crippen molar-refractivity contribution in [2.75, 3.05) is 0 Å². The molecule has 0 aromatic rings. The molecular formula is C9H16N2O. The van der Waals surface area contributed by atoms with Gasteiger partial charge in [-0.3, -0.25) is 4.79 Å². The Labute approximate surface area is 73.4 Å². The molecular weight excluding hydrogens is 152 g/mol. The van der Waals surface area contributed by atoms with Crippen molar-refractivity contribution in [1.82, 2.24) is 5.01 Å². The minimum absolute atomic E-state index is 0.0381. The molecule has 0 N–H and O–H groups in total. The van der Waals surface area contributed by atoms with Crippen LogP contribution in [0.2, 0.25) is 0 Å². The average molecular weight is 168 g/mol. The first-order valence-corrected chi connectivity index (χ1v) is 4.34. The molecule has 0 fully saturated rings. The van der Waals surface area contributed by atoms with E-state index in [1.165, 1.54) is 0 Å². The van der Waals surface area contributed by atoms with E-state index in [0.717, 1.165) is 18.6 Å². The quantitative estimate of drug-likeness (QED) is 0.587. The van der Waals surface area contributed by atoms with Crippen LogP contribution in [0.5, 0.6) is 0 Å². The molecule has 1 heterocycles. The predicted octanol–water partition coefficient (Wildman–Crippen LogP) is 1.78. The van der Waals surface area contributed by atoms with Crippen molar-refractivity contribution in [3.8, 4) is 0 Å². The Morgan fingerprint density at radius 2 is 2.33 bits per heavy atom. The Bertz CT molecular complexity index is 235. The van der Waals surface area contributed by atoms with Gasteiger partial charge in [-0.25, -0.2) is 5.01 Å². The van der Waals surface area contributed by atoms with Gasteiger partial charge in [-0.1, -0.05) is 6.92 Å². The lowest BCUT2D eigenvalue weighted by Crippen LogP contribution is -2.41. The summed E-state index contributed by atoms with van der Waals surface area (Å²) in [6.45, 7) is 7.70. The molecule has 1 amide bonds. The van der Waals surface area contributed by atoms with Crippen LogP contribution in [0.15, 0.2) is 5.10 Å². The Morgan fingerprint density at radius 3 is 2.67 bits per heavy atom. The molecule has 1 atom stereocenters. The van der Waals surface area contributed by atoms with Gasteiger partial charge in [-0.05, 0) is 20.3 Å². The summed E-state index contributed by atoms with van der Waals surface area (Å²) in [4.78, 5) is 11.2. The molecule has 0 aromatic carbocycles. The summed E-state index contributed by atoms with van der Waals surface area (Å²) in [6, 6.07) is 0. The number of rotatable bonds is 1. The van der Waals surface area contributed by atoms with Crippen LogP contribution in [0, 0.1) is 0 Å². The molecule has 1 unspecified atom stereocenters. The number of hydrogen-bond donors (Lipinski definition) is 0. The molecule has 12 heavy (non-hydrogen) atoms. The Hall–Kier alpha value is -0.860. The Morgan fingerprint density at radius 1 is 1.75 bits per heavy atom. The molecule has 3 nitrogen and oxygen atoms in total. The monoisotopic (exact) mass is 168 g/mol. The van der Waals surface area contributed by atoms with Crippen LogP contribution >= 0.6 is 0 Å². The van der Waals surface area contributed by atoms with Crippen molar-refractivity contribution in [3.05, 3.63) is 0 Å². The highest BCUT2D eigenvalue weighted by molar-refractivity contribution is 5.88. The van der Waals surface area contributed by atoms with Gasteiger partial charge in [-0.15, -0.1) is 0 Å². The summed E-state index contributed by atoms with van der Waals surface area (Å²) >= 11 is 0. The maximum absolute atomic E-state index is 11.2. The number of amides is 1. The summed E-state index contributed by atoms with van der Waals surface area (Å²) in [5.74, 6) is 0.0381. The zero-order valence-electron chi connectivity index (χ0n) is 8.22. The molecule has 68 valence electrons. The number of hydrogen-bond acceptors (Lipinski definition) is 2. The van der Waals surface area contributed by atoms with Crippen LogP contribution in [0.4, 0.5) is 0 Å². The van der Waals surface area contributed by atoms with Crippen molar-refractivity contribution in [2.24, 2.45) is 5.10 Å². The molecule has 0 radical (unpaired) electrons. The lowest BCUT2D eigenvalue weighted by molar-refractivity contribution is -0.133. The zero-order valence-corrected chi connectivity index (χ0v) is 8.22. The van der Waals surface area contributed by atoms with Gasteiger partial charge in [0.15, 0.2) is 0 Å². The van der Waals surface area contributed by atoms with Gasteiger partial charge in [0, 0.05) is 19.1 Å². The minimum Gasteiger partial charge on any atom is -0.273 e. The highest BCUT2D eigenvalue weighted by Gasteiger charge is 2.37. The SMILES string of the molecule is CCC1(C)CC(C)=NN1C(C)=O. The maximum Gasteiger partial charge on any atom is 0.240 e. The van der Waals surface area contributed by atoms with Crippen molar-refractivity contribution in [2.45, 2.75) is 46.1 Å². The van der Waals surface area contributed by atoms with Gasteiger partial charge in [0.1, 0.15) is 0 Å². The van der Waals surface area contributed by atoms with Crippen LogP contribution in [0.1, 0.15) is 40.5 Å². The van der Waals surface area contributed by atoms with E-state index in [0.29, 0.717) is 0 Å². The van der Waals surface area contributed by atoms with E-state index in [2.05, 4.69) is 18.9 Å². The summed E-state index contributed by atoms with van der Waals surface area (Å²) < 4.78 is 0. The van der Waals surface area contributed by atoms with E-state index in [1.807, 2.05) is 6.92 Å². The first kappa shape index (κ1) is 9.23. The normalized spacial score (nSPS) is 29.0. The minimum atomic E-state index is -0.0735. The largest absolute Gasteiger partial charge is 0.273 e. The fraction of sp³-hybridized carbons (Fsp3) is 0.778. The third-order valence-corrected chi connectivity index (χ3v) is 2.48. The number of carbonyl (C=O) groups is 1. The van der Waals surface area contributed by atoms with Crippen molar-refractivity contribution >= 4 is 11.6 Å². The van der Waals surface area contributed by atoms with Gasteiger partial charge in [0.25, 0.3) is 0 Å². The highest BCUT2D eigenvalue weighted by Crippen LogP contribution is 2.30. The molecule has 0 spiro atoms. The Balaban J connectivity index is 2.88. The third-order valence-electron chi connectivity index (χ3n) is 2.48. The van der Waals surface area contributed by atoms with Crippen LogP contribution in [0.25, 0.3) is 0 Å². The zero-order chi connectivity index (χ0) is 9.35. The first-order valence-electron chi connectivity index (χ1n) is 4.34. The van der Waals surface area contributed by atoms with Crippen LogP contribution in [-0.4, -0.2) is 22.2 Å². The molecule has 1 aliphatic rings. The molecule has 0 bridgehead atoms. The molecule has 1 aliphatic heterocycles. The Kier molecular flexibility index (Phi) is 2.22. The molecule has 1 rings (SSSR count). The lowest BCUT2D eigenvalue weighted by Gasteiger charge is -2.30. The summed E-state index contributed by atoms with van der Waals surface area (Å²) in [5, 5.41) is 5.83. The van der Waals surface area contributed by atoms with Crippen molar-refractivity contribution < 1.29 is 4.79 Å². The molecule has 0 saturated carbocycles. The second-order valence-electron chi connectivity index (χ2n) is 3.69. The number of nitrogens with zero attached hydrogens (tertiary/aromatic N) is 2. The topological polar surface area (TPSA) is 32.7 Å². The molecule has 0 aliphatic carbocycles. The highest BCUT2D eigenvalue weighted by atomic mass is 16.2. The van der Waals surface area contributed by atoms with E-state index in [4.69, 9.17) is 0 Å². The number of carbonyl (C=O) groups excluding carboxylic acids is 1. The van der Waals surface area contributed by atoms with Crippen LogP contribution in [0.3, 0.4) is 0 Å². The standard InChI is InChI=1S/C9H16N2O/c1-5-9(4)6-7(2)10-11(9)8(3)12/h5-6H2,1-4H3. The fourth-order valence-electron chi connectivity index (χ4n) is 1.68. The van der Waals surface area contributed by atoms with Gasteiger partial charge < -0.3 is 0 Å². The van der Waals surface area contributed by atoms with Crippen molar-refractivity contribution in [3.63, 3.8) is 0 Å². The van der Waals surface area contributed by atoms with Gasteiger partial charge >= 0.3 is 0 Å². The summed E-state index contributed by atoms with van der Waals surface area (Å²) in [6.07, 6.45) is 1.86. The first-order chi connectivity index (χ1) is 5.49. The third kappa shape index (κ3) is 1.36. The molecule has 3 heteroatoms. The smallest absolute Gasteiger partial charge is 0.240 e. The maximum atomic E-state index is 11.2. The summed E-state index contributed by atoms with van der Waals surface area (Å²) in [7, 11) is 0. The second-order valence-corrected chi connectivity index (χ2v) is 3.69. The van der Waals surface area contributed by atoms with Gasteiger partial charge in [0.2, 0.25) is 5.91 Å². The average Bonchev–Trinajstić information content (AvgIpc) is 2.27. The van der Waals surface area contributed by atoms with E-state index >= 15 is 0 Å². The van der Waals surface area contributed by atoms with Crippen molar-refractivity contribution in [1.29, 1.82) is 0 Å². The van der Waals surface area contributed by atoms with Gasteiger partial charge in [0.05, 0.1) is 5.54 Å². The van der Waals surface area contributed by atoms with Gasteiger partial charge in [-0.2, -0.15) is 5.10 Å². The summed E-state index contributed by atoms with van der Waals surface area (Å²) in [5.41, 5.74) is 0.977. The van der Waals surface area contributed by atoms with E-state index in [9.17, 15) is 4.79 Å². The van der Waals surface area contributed by atoms with Crippen LogP contribution < -0.4 is 0 Å². The predicted molar refractivity (Wildman–Crippen MR) is 48.9 cm³/mol. The number of hydrazone groups is 1. The molecule has 0 saturated heterocycles. The van der Waals surface area contributed by atoms with E-state index in [1.54, 1.807) is 11.9 Å². The van der Waals surface area contributed by atoms with Crippen LogP contribution in [-0.2, 0) is 4.79 Å².